The Balaban J connectivity index is 2.13. The topological polar surface area (TPSA) is 41.6 Å². The first-order valence-corrected chi connectivity index (χ1v) is 7.25. The quantitative estimate of drug-likeness (QED) is 0.685. The van der Waals surface area contributed by atoms with E-state index in [0.29, 0.717) is 18.0 Å². The van der Waals surface area contributed by atoms with Crippen molar-refractivity contribution in [2.24, 2.45) is 0 Å². The summed E-state index contributed by atoms with van der Waals surface area (Å²) in [5.41, 5.74) is 4.88. The minimum Gasteiger partial charge on any atom is -0.322 e. The largest absolute Gasteiger partial charge is 0.322 e. The molecule has 0 spiro atoms. The van der Waals surface area contributed by atoms with E-state index in [1.807, 2.05) is 18.2 Å². The van der Waals surface area contributed by atoms with Crippen LogP contribution in [0.4, 0.5) is 0 Å². The Morgan fingerprint density at radius 2 is 2.10 bits per heavy atom. The highest BCUT2D eigenvalue weighted by molar-refractivity contribution is 6.16. The number of aryl methyl sites for hydroxylation is 1. The van der Waals surface area contributed by atoms with Crippen LogP contribution >= 0.6 is 11.6 Å². The van der Waals surface area contributed by atoms with Gasteiger partial charge in [-0.3, -0.25) is 0 Å². The van der Waals surface area contributed by atoms with Gasteiger partial charge >= 0.3 is 0 Å². The van der Waals surface area contributed by atoms with Crippen LogP contribution in [0.25, 0.3) is 11.0 Å². The molecule has 0 atom stereocenters. The van der Waals surface area contributed by atoms with Crippen molar-refractivity contribution in [1.29, 1.82) is 5.26 Å². The minimum atomic E-state index is 0.350. The lowest BCUT2D eigenvalue weighted by Gasteiger charge is -2.08. The van der Waals surface area contributed by atoms with Gasteiger partial charge in [-0.2, -0.15) is 5.26 Å². The number of nitriles is 1. The molecule has 0 fully saturated rings. The Morgan fingerprint density at radius 3 is 2.81 bits per heavy atom. The van der Waals surface area contributed by atoms with Gasteiger partial charge in [-0.15, -0.1) is 11.6 Å². The van der Waals surface area contributed by atoms with Crippen molar-refractivity contribution in [3.63, 3.8) is 0 Å². The Kier molecular flexibility index (Phi) is 3.64. The first-order valence-electron chi connectivity index (χ1n) is 6.72. The molecule has 3 nitrogen and oxygen atoms in total. The van der Waals surface area contributed by atoms with Crippen LogP contribution < -0.4 is 0 Å². The van der Waals surface area contributed by atoms with Crippen molar-refractivity contribution >= 4 is 22.6 Å². The fourth-order valence-electron chi connectivity index (χ4n) is 2.51. The zero-order valence-electron chi connectivity index (χ0n) is 11.7. The van der Waals surface area contributed by atoms with E-state index in [4.69, 9.17) is 16.9 Å². The third-order valence-electron chi connectivity index (χ3n) is 3.50. The summed E-state index contributed by atoms with van der Waals surface area (Å²) in [6.45, 7) is 2.78. The summed E-state index contributed by atoms with van der Waals surface area (Å²) in [6, 6.07) is 16.1. The van der Waals surface area contributed by atoms with Crippen LogP contribution in [0.3, 0.4) is 0 Å². The fraction of sp³-hybridized carbons (Fsp3) is 0.176. The van der Waals surface area contributed by atoms with Crippen molar-refractivity contribution in [3.05, 3.63) is 65.0 Å². The molecule has 21 heavy (non-hydrogen) atoms. The number of hydrogen-bond acceptors (Lipinski definition) is 2. The van der Waals surface area contributed by atoms with E-state index < -0.39 is 0 Å². The number of halogens is 1. The van der Waals surface area contributed by atoms with Crippen molar-refractivity contribution in [2.75, 3.05) is 0 Å². The molecule has 3 aromatic rings. The van der Waals surface area contributed by atoms with Gasteiger partial charge < -0.3 is 4.57 Å². The number of aromatic nitrogens is 2. The van der Waals surface area contributed by atoms with Gasteiger partial charge in [0.15, 0.2) is 0 Å². The third kappa shape index (κ3) is 2.63. The highest BCUT2D eigenvalue weighted by atomic mass is 35.5. The first-order chi connectivity index (χ1) is 10.2. The highest BCUT2D eigenvalue weighted by Gasteiger charge is 2.11. The van der Waals surface area contributed by atoms with Crippen LogP contribution in [-0.4, -0.2) is 9.55 Å². The smallest absolute Gasteiger partial charge is 0.125 e. The molecule has 0 N–H and O–H groups in total. The third-order valence-corrected chi connectivity index (χ3v) is 3.74. The zero-order valence-corrected chi connectivity index (χ0v) is 12.4. The van der Waals surface area contributed by atoms with E-state index in [9.17, 15) is 0 Å². The molecule has 4 heteroatoms. The second-order valence-corrected chi connectivity index (χ2v) is 5.32. The lowest BCUT2D eigenvalue weighted by atomic mass is 10.1. The van der Waals surface area contributed by atoms with E-state index in [1.54, 1.807) is 6.07 Å². The van der Waals surface area contributed by atoms with E-state index in [2.05, 4.69) is 40.7 Å². The maximum atomic E-state index is 9.07. The molecule has 0 bridgehead atoms. The van der Waals surface area contributed by atoms with Gasteiger partial charge in [-0.05, 0) is 30.7 Å². The molecule has 0 saturated carbocycles. The van der Waals surface area contributed by atoms with E-state index in [0.717, 1.165) is 16.9 Å². The Labute approximate surface area is 128 Å². The molecule has 1 heterocycles. The molecule has 104 valence electrons. The number of imidazole rings is 1. The van der Waals surface area contributed by atoms with Crippen LogP contribution in [0, 0.1) is 18.3 Å². The van der Waals surface area contributed by atoms with Gasteiger partial charge in [0.05, 0.1) is 28.5 Å². The van der Waals surface area contributed by atoms with Crippen LogP contribution in [0.2, 0.25) is 0 Å². The Morgan fingerprint density at radius 1 is 1.24 bits per heavy atom. The Hall–Kier alpha value is -2.31. The Bertz CT molecular complexity index is 843. The number of hydrogen-bond donors (Lipinski definition) is 0. The monoisotopic (exact) mass is 295 g/mol. The molecule has 0 radical (unpaired) electrons. The van der Waals surface area contributed by atoms with Gasteiger partial charge in [0, 0.05) is 6.54 Å². The van der Waals surface area contributed by atoms with Gasteiger partial charge in [0.2, 0.25) is 0 Å². The maximum Gasteiger partial charge on any atom is 0.125 e. The fourth-order valence-corrected chi connectivity index (χ4v) is 2.72. The highest BCUT2D eigenvalue weighted by Crippen LogP contribution is 2.21. The van der Waals surface area contributed by atoms with Gasteiger partial charge in [-0.25, -0.2) is 4.98 Å². The maximum absolute atomic E-state index is 9.07. The standard InChI is InChI=1S/C17H14ClN3/c1-12-3-2-4-14(7-12)11-21-16-8-13(10-19)5-6-15(16)20-17(21)9-18/h2-8H,9,11H2,1H3. The SMILES string of the molecule is Cc1cccc(Cn2c(CCl)nc3ccc(C#N)cc32)c1. The number of alkyl halides is 1. The van der Waals surface area contributed by atoms with Gasteiger partial charge in [0.25, 0.3) is 0 Å². The second kappa shape index (κ2) is 5.59. The summed E-state index contributed by atoms with van der Waals surface area (Å²) in [4.78, 5) is 4.55. The number of nitrogens with zero attached hydrogens (tertiary/aromatic N) is 3. The van der Waals surface area contributed by atoms with Crippen molar-refractivity contribution in [1.82, 2.24) is 9.55 Å². The molecule has 3 rings (SSSR count). The lowest BCUT2D eigenvalue weighted by molar-refractivity contribution is 0.778. The number of fused-ring (bicyclic) bond motifs is 1. The molecule has 2 aromatic carbocycles. The second-order valence-electron chi connectivity index (χ2n) is 5.05. The number of rotatable bonds is 3. The summed E-state index contributed by atoms with van der Waals surface area (Å²) < 4.78 is 2.08. The number of benzene rings is 2. The average molecular weight is 296 g/mol. The van der Waals surface area contributed by atoms with Crippen LogP contribution in [-0.2, 0) is 12.4 Å². The van der Waals surface area contributed by atoms with E-state index >= 15 is 0 Å². The van der Waals surface area contributed by atoms with Crippen LogP contribution in [0.15, 0.2) is 42.5 Å². The normalized spacial score (nSPS) is 10.7. The average Bonchev–Trinajstić information content (AvgIpc) is 2.84. The van der Waals surface area contributed by atoms with E-state index in [1.165, 1.54) is 11.1 Å². The molecular weight excluding hydrogens is 282 g/mol. The summed E-state index contributed by atoms with van der Waals surface area (Å²) in [6.07, 6.45) is 0. The first kappa shape index (κ1) is 13.7. The molecular formula is C17H14ClN3. The lowest BCUT2D eigenvalue weighted by Crippen LogP contribution is -2.04. The van der Waals surface area contributed by atoms with E-state index in [-0.39, 0.29) is 0 Å². The summed E-state index contributed by atoms with van der Waals surface area (Å²) in [7, 11) is 0. The zero-order chi connectivity index (χ0) is 14.8. The van der Waals surface area contributed by atoms with Crippen molar-refractivity contribution < 1.29 is 0 Å². The molecule has 0 saturated heterocycles. The summed E-state index contributed by atoms with van der Waals surface area (Å²) in [5, 5.41) is 9.07. The van der Waals surface area contributed by atoms with Crippen LogP contribution in [0.5, 0.6) is 0 Å². The molecule has 0 unspecified atom stereocenters. The predicted octanol–water partition coefficient (Wildman–Crippen LogP) is 4.00. The molecule has 0 aliphatic heterocycles. The minimum absolute atomic E-state index is 0.350. The summed E-state index contributed by atoms with van der Waals surface area (Å²) >= 11 is 6.03. The summed E-state index contributed by atoms with van der Waals surface area (Å²) in [5.74, 6) is 1.17. The molecule has 0 aliphatic carbocycles. The van der Waals surface area contributed by atoms with Crippen molar-refractivity contribution in [3.8, 4) is 6.07 Å². The van der Waals surface area contributed by atoms with Crippen molar-refractivity contribution in [2.45, 2.75) is 19.3 Å². The molecule has 0 aliphatic rings. The van der Waals surface area contributed by atoms with Gasteiger partial charge in [0.1, 0.15) is 5.82 Å². The predicted molar refractivity (Wildman–Crippen MR) is 84.3 cm³/mol. The molecule has 1 aromatic heterocycles. The molecule has 0 amide bonds. The van der Waals surface area contributed by atoms with Gasteiger partial charge in [-0.1, -0.05) is 29.8 Å². The van der Waals surface area contributed by atoms with Crippen LogP contribution in [0.1, 0.15) is 22.5 Å².